The van der Waals surface area contributed by atoms with E-state index in [-0.39, 0.29) is 0 Å². The average molecular weight is 301 g/mol. The Balaban J connectivity index is 1.51. The summed E-state index contributed by atoms with van der Waals surface area (Å²) in [7, 11) is 0. The predicted octanol–water partition coefficient (Wildman–Crippen LogP) is 3.68. The van der Waals surface area contributed by atoms with Crippen LogP contribution in [0, 0.1) is 0 Å². The quantitative estimate of drug-likeness (QED) is 0.842. The SMILES string of the molecule is CC1CCCCN1CCCc1ccc(N2CCCC2)c(N)c1. The second kappa shape index (κ2) is 7.36. The van der Waals surface area contributed by atoms with Crippen molar-refractivity contribution in [2.75, 3.05) is 36.8 Å². The van der Waals surface area contributed by atoms with Crippen molar-refractivity contribution < 1.29 is 0 Å². The number of nitrogens with zero attached hydrogens (tertiary/aromatic N) is 2. The molecule has 2 fully saturated rings. The lowest BCUT2D eigenvalue weighted by atomic mass is 10.0. The zero-order valence-corrected chi connectivity index (χ0v) is 14.1. The standard InChI is InChI=1S/C19H31N3/c1-16-7-2-3-11-21(16)14-6-8-17-9-10-19(18(20)15-17)22-12-4-5-13-22/h9-10,15-16H,2-8,11-14,20H2,1H3. The number of nitrogens with two attached hydrogens (primary N) is 1. The first kappa shape index (κ1) is 15.7. The van der Waals surface area contributed by atoms with Gasteiger partial charge in [-0.1, -0.05) is 12.5 Å². The molecule has 2 aliphatic heterocycles. The molecule has 1 unspecified atom stereocenters. The van der Waals surface area contributed by atoms with Gasteiger partial charge in [0.15, 0.2) is 0 Å². The van der Waals surface area contributed by atoms with E-state index in [1.807, 2.05) is 0 Å². The molecule has 3 rings (SSSR count). The van der Waals surface area contributed by atoms with E-state index in [1.54, 1.807) is 0 Å². The van der Waals surface area contributed by atoms with Crippen molar-refractivity contribution in [3.63, 3.8) is 0 Å². The van der Waals surface area contributed by atoms with Crippen LogP contribution in [0.1, 0.15) is 51.0 Å². The number of hydrogen-bond donors (Lipinski definition) is 1. The molecule has 0 spiro atoms. The van der Waals surface area contributed by atoms with Crippen molar-refractivity contribution in [2.24, 2.45) is 0 Å². The van der Waals surface area contributed by atoms with Crippen molar-refractivity contribution >= 4 is 11.4 Å². The van der Waals surface area contributed by atoms with Gasteiger partial charge >= 0.3 is 0 Å². The van der Waals surface area contributed by atoms with Gasteiger partial charge in [0, 0.05) is 19.1 Å². The van der Waals surface area contributed by atoms with E-state index < -0.39 is 0 Å². The number of anilines is 2. The van der Waals surface area contributed by atoms with Gasteiger partial charge in [-0.25, -0.2) is 0 Å². The maximum absolute atomic E-state index is 6.29. The topological polar surface area (TPSA) is 32.5 Å². The van der Waals surface area contributed by atoms with Crippen molar-refractivity contribution in [2.45, 2.75) is 57.9 Å². The van der Waals surface area contributed by atoms with Crippen LogP contribution in [0.25, 0.3) is 0 Å². The number of rotatable bonds is 5. The molecule has 0 aromatic heterocycles. The van der Waals surface area contributed by atoms with Crippen molar-refractivity contribution in [3.05, 3.63) is 23.8 Å². The van der Waals surface area contributed by atoms with Crippen molar-refractivity contribution in [1.29, 1.82) is 0 Å². The Morgan fingerprint density at radius 1 is 1.09 bits per heavy atom. The van der Waals surface area contributed by atoms with E-state index in [1.165, 1.54) is 62.9 Å². The zero-order valence-electron chi connectivity index (χ0n) is 14.1. The van der Waals surface area contributed by atoms with Crippen LogP contribution in [0.15, 0.2) is 18.2 Å². The lowest BCUT2D eigenvalue weighted by molar-refractivity contribution is 0.159. The third kappa shape index (κ3) is 3.75. The molecule has 0 aliphatic carbocycles. The van der Waals surface area contributed by atoms with Crippen LogP contribution in [0.5, 0.6) is 0 Å². The largest absolute Gasteiger partial charge is 0.397 e. The Kier molecular flexibility index (Phi) is 5.24. The fourth-order valence-electron chi connectivity index (χ4n) is 3.98. The van der Waals surface area contributed by atoms with Crippen LogP contribution >= 0.6 is 0 Å². The monoisotopic (exact) mass is 301 g/mol. The molecule has 22 heavy (non-hydrogen) atoms. The third-order valence-corrected chi connectivity index (χ3v) is 5.39. The number of benzene rings is 1. The van der Waals surface area contributed by atoms with E-state index >= 15 is 0 Å². The molecule has 1 aromatic rings. The minimum Gasteiger partial charge on any atom is -0.397 e. The van der Waals surface area contributed by atoms with Gasteiger partial charge < -0.3 is 15.5 Å². The molecule has 122 valence electrons. The van der Waals surface area contributed by atoms with Crippen molar-refractivity contribution in [1.82, 2.24) is 4.90 Å². The van der Waals surface area contributed by atoms with Crippen LogP contribution in [-0.4, -0.2) is 37.1 Å². The number of nitrogen functional groups attached to an aromatic ring is 1. The molecule has 1 aromatic carbocycles. The van der Waals surface area contributed by atoms with Crippen LogP contribution in [-0.2, 0) is 6.42 Å². The first-order valence-corrected chi connectivity index (χ1v) is 9.11. The molecule has 3 nitrogen and oxygen atoms in total. The van der Waals surface area contributed by atoms with Gasteiger partial charge in [-0.3, -0.25) is 0 Å². The number of aryl methyl sites for hydroxylation is 1. The molecule has 2 N–H and O–H groups in total. The smallest absolute Gasteiger partial charge is 0.0600 e. The highest BCUT2D eigenvalue weighted by atomic mass is 15.2. The first-order chi connectivity index (χ1) is 10.7. The van der Waals surface area contributed by atoms with E-state index in [9.17, 15) is 0 Å². The molecule has 2 aliphatic rings. The summed E-state index contributed by atoms with van der Waals surface area (Å²) < 4.78 is 0. The molecule has 2 saturated heterocycles. The van der Waals surface area contributed by atoms with Gasteiger partial charge in [0.25, 0.3) is 0 Å². The lowest BCUT2D eigenvalue weighted by Crippen LogP contribution is -2.38. The molecule has 0 amide bonds. The second-order valence-electron chi connectivity index (χ2n) is 7.07. The van der Waals surface area contributed by atoms with Crippen LogP contribution in [0.2, 0.25) is 0 Å². The molecule has 1 atom stereocenters. The minimum atomic E-state index is 0.774. The summed E-state index contributed by atoms with van der Waals surface area (Å²) in [6, 6.07) is 7.49. The summed E-state index contributed by atoms with van der Waals surface area (Å²) in [4.78, 5) is 5.08. The van der Waals surface area contributed by atoms with Crippen LogP contribution < -0.4 is 10.6 Å². The van der Waals surface area contributed by atoms with Gasteiger partial charge in [0.2, 0.25) is 0 Å². The number of piperidine rings is 1. The highest BCUT2D eigenvalue weighted by Gasteiger charge is 2.18. The maximum atomic E-state index is 6.29. The average Bonchev–Trinajstić information content (AvgIpc) is 3.03. The van der Waals surface area contributed by atoms with Gasteiger partial charge in [-0.2, -0.15) is 0 Å². The Labute approximate surface area is 135 Å². The zero-order chi connectivity index (χ0) is 15.4. The summed E-state index contributed by atoms with van der Waals surface area (Å²) in [6.45, 7) is 7.22. The minimum absolute atomic E-state index is 0.774. The maximum Gasteiger partial charge on any atom is 0.0600 e. The molecule has 0 saturated carbocycles. The summed E-state index contributed by atoms with van der Waals surface area (Å²) in [5.41, 5.74) is 9.88. The van der Waals surface area contributed by atoms with E-state index in [0.29, 0.717) is 0 Å². The highest BCUT2D eigenvalue weighted by molar-refractivity contribution is 5.68. The molecular formula is C19H31N3. The van der Waals surface area contributed by atoms with E-state index in [2.05, 4.69) is 34.9 Å². The van der Waals surface area contributed by atoms with Gasteiger partial charge in [0.1, 0.15) is 0 Å². The summed E-state index contributed by atoms with van der Waals surface area (Å²) in [5, 5.41) is 0. The summed E-state index contributed by atoms with van der Waals surface area (Å²) in [5.74, 6) is 0. The summed E-state index contributed by atoms with van der Waals surface area (Å²) >= 11 is 0. The Morgan fingerprint density at radius 2 is 1.86 bits per heavy atom. The molecule has 0 radical (unpaired) electrons. The first-order valence-electron chi connectivity index (χ1n) is 9.11. The fourth-order valence-corrected chi connectivity index (χ4v) is 3.98. The fraction of sp³-hybridized carbons (Fsp3) is 0.684. The number of likely N-dealkylation sites (tertiary alicyclic amines) is 1. The van der Waals surface area contributed by atoms with Crippen molar-refractivity contribution in [3.8, 4) is 0 Å². The van der Waals surface area contributed by atoms with Gasteiger partial charge in [-0.15, -0.1) is 0 Å². The molecular weight excluding hydrogens is 270 g/mol. The predicted molar refractivity (Wildman–Crippen MR) is 95.5 cm³/mol. The van der Waals surface area contributed by atoms with Crippen LogP contribution in [0.3, 0.4) is 0 Å². The van der Waals surface area contributed by atoms with E-state index in [0.717, 1.165) is 31.2 Å². The molecule has 0 bridgehead atoms. The highest BCUT2D eigenvalue weighted by Crippen LogP contribution is 2.28. The Morgan fingerprint density at radius 3 is 2.59 bits per heavy atom. The summed E-state index contributed by atoms with van der Waals surface area (Å²) in [6.07, 6.45) is 9.15. The Bertz CT molecular complexity index is 480. The van der Waals surface area contributed by atoms with E-state index in [4.69, 9.17) is 5.73 Å². The van der Waals surface area contributed by atoms with Crippen LogP contribution in [0.4, 0.5) is 11.4 Å². The Hall–Kier alpha value is -1.22. The third-order valence-electron chi connectivity index (χ3n) is 5.39. The number of hydrogen-bond acceptors (Lipinski definition) is 3. The lowest BCUT2D eigenvalue weighted by Gasteiger charge is -2.33. The molecule has 3 heteroatoms. The van der Waals surface area contributed by atoms with Gasteiger partial charge in [0.05, 0.1) is 11.4 Å². The second-order valence-corrected chi connectivity index (χ2v) is 7.07. The normalized spacial score (nSPS) is 23.1. The molecule has 2 heterocycles. The van der Waals surface area contributed by atoms with Gasteiger partial charge in [-0.05, 0) is 76.2 Å².